The second-order valence-electron chi connectivity index (χ2n) is 31.9. The standard InChI is InChI=1S/2C18H32O3.C17H30O3.C9H18O3.C8H16O3/c2*1-8-16(3,4)15(19)21-12(2)20-14-17(5,6)13-9-10-18(14,7)11-13;1-7-15(2,3)14(18)20-11-19-13-10-12-8-9-17(13,6)16(12,4)5;1-6-9(3,4)8(10)12-7(2)11-5;1-5-8(2,3)7(9)11-6-10-4/h2*12-14H,8-11H2,1-7H3;12-13H,7-11H2,1-6H3;7H,6H2,1-5H3;5-6H2,1-4H3. The van der Waals surface area contributed by atoms with Crippen molar-refractivity contribution in [1.29, 1.82) is 0 Å². The summed E-state index contributed by atoms with van der Waals surface area (Å²) in [5.41, 5.74) is -0.690. The van der Waals surface area contributed by atoms with Crippen molar-refractivity contribution in [3.05, 3.63) is 0 Å². The van der Waals surface area contributed by atoms with Gasteiger partial charge in [-0.2, -0.15) is 0 Å². The summed E-state index contributed by atoms with van der Waals surface area (Å²) in [5.74, 6) is 1.33. The third kappa shape index (κ3) is 19.1. The zero-order valence-corrected chi connectivity index (χ0v) is 59.6. The summed E-state index contributed by atoms with van der Waals surface area (Å²) in [6.07, 6.45) is 14.3. The van der Waals surface area contributed by atoms with Gasteiger partial charge in [0.25, 0.3) is 0 Å². The van der Waals surface area contributed by atoms with Crippen LogP contribution < -0.4 is 0 Å². The molecule has 0 spiro atoms. The van der Waals surface area contributed by atoms with Gasteiger partial charge in [-0.3, -0.25) is 24.0 Å². The first-order valence-corrected chi connectivity index (χ1v) is 32.6. The monoisotopic (exact) mass is 1210 g/mol. The van der Waals surface area contributed by atoms with Crippen LogP contribution in [0, 0.1) is 77.3 Å². The Hall–Kier alpha value is -2.85. The molecule has 6 bridgehead atoms. The maximum Gasteiger partial charge on any atom is 0.313 e. The predicted octanol–water partition coefficient (Wildman–Crippen LogP) is 16.8. The molecule has 15 heteroatoms. The van der Waals surface area contributed by atoms with Crippen LogP contribution >= 0.6 is 0 Å². The molecular weight excluding hydrogens is 1080 g/mol. The third-order valence-electron chi connectivity index (χ3n) is 22.7. The fourth-order valence-electron chi connectivity index (χ4n) is 13.4. The van der Waals surface area contributed by atoms with Gasteiger partial charge in [0.1, 0.15) is 0 Å². The summed E-state index contributed by atoms with van der Waals surface area (Å²) in [5, 5.41) is 0. The number of hydrogen-bond donors (Lipinski definition) is 0. The lowest BCUT2D eigenvalue weighted by Crippen LogP contribution is -2.45. The SMILES string of the molecule is CCC(C)(C)C(=O)OC(C)OC.CCC(C)(C)C(=O)OC(C)OC1C2(C)CCC(C2)C1(C)C.CCC(C)(C)C(=O)OC(C)OC1C2(C)CCC(C2)C1(C)C.CCC(C)(C)C(=O)OCOC.CCC(C)(C)C(=O)OCOC1CC2CCC1(C)C2(C)C. The Kier molecular flexibility index (Phi) is 27.9. The van der Waals surface area contributed by atoms with Crippen LogP contribution in [0.1, 0.15) is 277 Å². The first-order chi connectivity index (χ1) is 38.7. The summed E-state index contributed by atoms with van der Waals surface area (Å²) >= 11 is 0. The molecule has 0 amide bonds. The van der Waals surface area contributed by atoms with Crippen LogP contribution in [0.2, 0.25) is 0 Å². The fraction of sp³-hybridized carbons (Fsp3) is 0.929. The molecule has 6 aliphatic rings. The molecule has 85 heavy (non-hydrogen) atoms. The smallest absolute Gasteiger partial charge is 0.313 e. The zero-order valence-electron chi connectivity index (χ0n) is 59.6. The maximum absolute atomic E-state index is 12.2. The molecule has 12 atom stereocenters. The molecule has 6 aliphatic carbocycles. The van der Waals surface area contributed by atoms with E-state index in [0.717, 1.165) is 56.3 Å². The van der Waals surface area contributed by atoms with E-state index in [4.69, 9.17) is 42.6 Å². The molecule has 0 N–H and O–H groups in total. The summed E-state index contributed by atoms with van der Waals surface area (Å²) in [4.78, 5) is 58.8. The molecule has 12 unspecified atom stereocenters. The van der Waals surface area contributed by atoms with Crippen molar-refractivity contribution in [2.75, 3.05) is 27.8 Å². The number of carbonyl (C=O) groups excluding carboxylic acids is 5. The van der Waals surface area contributed by atoms with Crippen LogP contribution in [0.3, 0.4) is 0 Å². The van der Waals surface area contributed by atoms with Crippen molar-refractivity contribution >= 4 is 29.8 Å². The topological polar surface area (TPSA) is 178 Å². The molecule has 6 saturated carbocycles. The van der Waals surface area contributed by atoms with Gasteiger partial charge >= 0.3 is 29.8 Å². The van der Waals surface area contributed by atoms with E-state index < -0.39 is 45.9 Å². The first kappa shape index (κ1) is 78.2. The quantitative estimate of drug-likeness (QED) is 0.0536. The summed E-state index contributed by atoms with van der Waals surface area (Å²) in [7, 11) is 3.00. The minimum atomic E-state index is -0.469. The Morgan fingerprint density at radius 1 is 0.447 bits per heavy atom. The highest BCUT2D eigenvalue weighted by Crippen LogP contribution is 2.67. The van der Waals surface area contributed by atoms with E-state index in [0.29, 0.717) is 5.41 Å². The highest BCUT2D eigenvalue weighted by atomic mass is 16.7. The van der Waals surface area contributed by atoms with Gasteiger partial charge in [0.2, 0.25) is 0 Å². The fourth-order valence-corrected chi connectivity index (χ4v) is 13.4. The molecule has 0 aromatic rings. The lowest BCUT2D eigenvalue weighted by atomic mass is 9.70. The Morgan fingerprint density at radius 3 is 1.04 bits per heavy atom. The molecule has 498 valence electrons. The second-order valence-corrected chi connectivity index (χ2v) is 31.9. The molecule has 6 rings (SSSR count). The van der Waals surface area contributed by atoms with Gasteiger partial charge in [-0.05, 0) is 230 Å². The van der Waals surface area contributed by atoms with Crippen LogP contribution in [0.25, 0.3) is 0 Å². The summed E-state index contributed by atoms with van der Waals surface area (Å²) in [6.45, 7) is 55.3. The number of hydrogen-bond acceptors (Lipinski definition) is 15. The predicted molar refractivity (Wildman–Crippen MR) is 335 cm³/mol. The Balaban J connectivity index is 0.000000372. The van der Waals surface area contributed by atoms with Crippen LogP contribution in [0.4, 0.5) is 0 Å². The number of carbonyl (C=O) groups is 5. The second kappa shape index (κ2) is 30.3. The van der Waals surface area contributed by atoms with E-state index in [2.05, 4.69) is 67.1 Å². The summed E-state index contributed by atoms with van der Waals surface area (Å²) < 4.78 is 54.0. The number of methoxy groups -OCH3 is 2. The molecule has 0 aromatic carbocycles. The van der Waals surface area contributed by atoms with E-state index in [1.165, 1.54) is 65.6 Å². The van der Waals surface area contributed by atoms with Gasteiger partial charge in [0.05, 0.1) is 45.4 Å². The lowest BCUT2D eigenvalue weighted by molar-refractivity contribution is -0.219. The van der Waals surface area contributed by atoms with Gasteiger partial charge in [0.15, 0.2) is 32.5 Å². The molecule has 0 aliphatic heterocycles. The highest BCUT2D eigenvalue weighted by Gasteiger charge is 2.63. The molecule has 6 fully saturated rings. The molecule has 0 aromatic heterocycles. The van der Waals surface area contributed by atoms with Crippen LogP contribution in [-0.2, 0) is 71.3 Å². The molecule has 0 radical (unpaired) electrons. The number of esters is 5. The first-order valence-electron chi connectivity index (χ1n) is 32.6. The van der Waals surface area contributed by atoms with E-state index >= 15 is 0 Å². The van der Waals surface area contributed by atoms with Crippen molar-refractivity contribution in [1.82, 2.24) is 0 Å². The molecule has 15 nitrogen and oxygen atoms in total. The van der Waals surface area contributed by atoms with E-state index in [1.54, 1.807) is 6.92 Å². The van der Waals surface area contributed by atoms with Crippen molar-refractivity contribution in [2.24, 2.45) is 77.3 Å². The van der Waals surface area contributed by atoms with Crippen LogP contribution in [0.5, 0.6) is 0 Å². The average Bonchev–Trinajstić information content (AvgIpc) is 2.80. The van der Waals surface area contributed by atoms with Gasteiger partial charge in [0, 0.05) is 14.2 Å². The Morgan fingerprint density at radius 2 is 0.765 bits per heavy atom. The number of ether oxygens (including phenoxy) is 10. The lowest BCUT2D eigenvalue weighted by Gasteiger charge is -2.43. The van der Waals surface area contributed by atoms with Gasteiger partial charge < -0.3 is 47.4 Å². The molecule has 0 saturated heterocycles. The van der Waals surface area contributed by atoms with E-state index in [-0.39, 0.29) is 88.8 Å². The van der Waals surface area contributed by atoms with Crippen molar-refractivity contribution in [2.45, 2.75) is 314 Å². The minimum Gasteiger partial charge on any atom is -0.438 e. The van der Waals surface area contributed by atoms with E-state index in [9.17, 15) is 24.0 Å². The normalized spacial score (nSPS) is 29.4. The van der Waals surface area contributed by atoms with Gasteiger partial charge in [-0.1, -0.05) is 96.9 Å². The highest BCUT2D eigenvalue weighted by molar-refractivity contribution is 5.77. The Labute approximate surface area is 518 Å². The van der Waals surface area contributed by atoms with Crippen LogP contribution in [0.15, 0.2) is 0 Å². The van der Waals surface area contributed by atoms with Gasteiger partial charge in [-0.25, -0.2) is 0 Å². The number of fused-ring (bicyclic) bond motifs is 6. The zero-order chi connectivity index (χ0) is 66.0. The third-order valence-corrected chi connectivity index (χ3v) is 22.7. The maximum atomic E-state index is 12.2. The van der Waals surface area contributed by atoms with Crippen molar-refractivity contribution in [3.8, 4) is 0 Å². The van der Waals surface area contributed by atoms with E-state index in [1.807, 2.05) is 118 Å². The Bertz CT molecular complexity index is 2070. The van der Waals surface area contributed by atoms with Gasteiger partial charge in [-0.15, -0.1) is 0 Å². The average molecular weight is 1210 g/mol. The van der Waals surface area contributed by atoms with Crippen molar-refractivity contribution < 1.29 is 71.3 Å². The largest absolute Gasteiger partial charge is 0.438 e. The summed E-state index contributed by atoms with van der Waals surface area (Å²) in [6, 6.07) is 0. The number of rotatable bonds is 23. The van der Waals surface area contributed by atoms with Crippen molar-refractivity contribution in [3.63, 3.8) is 0 Å². The molecule has 0 heterocycles. The molecular formula is C70H128O15. The van der Waals surface area contributed by atoms with Crippen LogP contribution in [-0.4, -0.2) is 94.8 Å². The minimum absolute atomic E-state index is 0.0439.